The van der Waals surface area contributed by atoms with E-state index in [1.54, 1.807) is 25.7 Å². The number of nitrogens with zero attached hydrogens (tertiary/aromatic N) is 2. The minimum absolute atomic E-state index is 0.0286. The fourth-order valence-electron chi connectivity index (χ4n) is 5.14. The molecule has 2 saturated heterocycles. The third kappa shape index (κ3) is 5.33. The second-order valence-electron chi connectivity index (χ2n) is 9.56. The van der Waals surface area contributed by atoms with Crippen LogP contribution in [0.25, 0.3) is 5.76 Å². The number of Topliss-reactive ketones (excluding diaryl/α,β-unsaturated/α-hetero) is 1. The van der Waals surface area contributed by atoms with E-state index in [4.69, 9.17) is 9.47 Å². The lowest BCUT2D eigenvalue weighted by Crippen LogP contribution is -2.38. The maximum Gasteiger partial charge on any atom is 0.355 e. The van der Waals surface area contributed by atoms with Crippen molar-refractivity contribution in [1.82, 2.24) is 14.8 Å². The number of nitrogens with one attached hydrogen (secondary N) is 1. The molecule has 1 aromatic carbocycles. The minimum atomic E-state index is -0.731. The lowest BCUT2D eigenvalue weighted by molar-refractivity contribution is -0.140. The number of benzene rings is 1. The summed E-state index contributed by atoms with van der Waals surface area (Å²) in [5.41, 5.74) is 3.35. The fourth-order valence-corrected chi connectivity index (χ4v) is 5.14. The lowest BCUT2D eigenvalue weighted by atomic mass is 9.93. The summed E-state index contributed by atoms with van der Waals surface area (Å²) in [6.07, 6.45) is 0.685. The number of ketones is 1. The van der Waals surface area contributed by atoms with E-state index in [1.165, 1.54) is 0 Å². The van der Waals surface area contributed by atoms with Crippen LogP contribution < -0.4 is 0 Å². The Hall–Kier alpha value is -3.43. The molecule has 1 atom stereocenters. The van der Waals surface area contributed by atoms with Gasteiger partial charge in [-0.15, -0.1) is 0 Å². The van der Waals surface area contributed by atoms with Crippen LogP contribution in [-0.2, 0) is 19.1 Å². The van der Waals surface area contributed by atoms with Gasteiger partial charge in [-0.3, -0.25) is 14.5 Å². The third-order valence-electron chi connectivity index (χ3n) is 7.06. The molecule has 2 aliphatic rings. The van der Waals surface area contributed by atoms with Crippen LogP contribution in [0.2, 0.25) is 0 Å². The summed E-state index contributed by atoms with van der Waals surface area (Å²) in [5, 5.41) is 11.5. The molecule has 37 heavy (non-hydrogen) atoms. The Labute approximate surface area is 217 Å². The van der Waals surface area contributed by atoms with E-state index in [2.05, 4.69) is 9.88 Å². The molecule has 0 saturated carbocycles. The van der Waals surface area contributed by atoms with Crippen molar-refractivity contribution in [2.45, 2.75) is 40.2 Å². The number of hydrogen-bond donors (Lipinski definition) is 2. The van der Waals surface area contributed by atoms with E-state index in [1.807, 2.05) is 31.2 Å². The van der Waals surface area contributed by atoms with Gasteiger partial charge in [-0.05, 0) is 45.2 Å². The standard InChI is InChI=1S/C28H35N3O6/c1-5-37-28(35)23-18(3)21(19(4)29-23)25(32)22-24(20-9-7-17(2)8-10-20)31(27(34)26(22)33)12-6-11-30-13-15-36-16-14-30/h7-10,24,29,32H,5-6,11-16H2,1-4H3/b25-22+. The van der Waals surface area contributed by atoms with Gasteiger partial charge in [0.2, 0.25) is 0 Å². The summed E-state index contributed by atoms with van der Waals surface area (Å²) < 4.78 is 10.5. The van der Waals surface area contributed by atoms with Crippen molar-refractivity contribution in [3.8, 4) is 0 Å². The molecule has 198 valence electrons. The monoisotopic (exact) mass is 509 g/mol. The first kappa shape index (κ1) is 26.6. The zero-order valence-corrected chi connectivity index (χ0v) is 21.9. The Morgan fingerprint density at radius 1 is 1.11 bits per heavy atom. The highest BCUT2D eigenvalue weighted by Gasteiger charge is 2.46. The average molecular weight is 510 g/mol. The normalized spacial score (nSPS) is 20.0. The number of amides is 1. The molecular formula is C28H35N3O6. The van der Waals surface area contributed by atoms with Gasteiger partial charge in [0.25, 0.3) is 11.7 Å². The second kappa shape index (κ2) is 11.3. The molecule has 2 aliphatic heterocycles. The van der Waals surface area contributed by atoms with Crippen LogP contribution in [0, 0.1) is 20.8 Å². The number of aliphatic hydroxyl groups is 1. The Balaban J connectivity index is 1.73. The fraction of sp³-hybridized carbons (Fsp3) is 0.464. The Bertz CT molecular complexity index is 1210. The molecule has 1 amide bonds. The highest BCUT2D eigenvalue weighted by Crippen LogP contribution is 2.41. The van der Waals surface area contributed by atoms with E-state index in [0.29, 0.717) is 43.0 Å². The van der Waals surface area contributed by atoms with E-state index in [-0.39, 0.29) is 23.6 Å². The highest BCUT2D eigenvalue weighted by molar-refractivity contribution is 6.46. The summed E-state index contributed by atoms with van der Waals surface area (Å²) in [7, 11) is 0. The smallest absolute Gasteiger partial charge is 0.355 e. The number of aryl methyl sites for hydroxylation is 2. The molecule has 3 heterocycles. The van der Waals surface area contributed by atoms with Crippen molar-refractivity contribution in [2.75, 3.05) is 46.0 Å². The molecule has 9 heteroatoms. The molecule has 2 aromatic rings. The number of aromatic nitrogens is 1. The van der Waals surface area contributed by atoms with E-state index >= 15 is 0 Å². The molecule has 0 spiro atoms. The van der Waals surface area contributed by atoms with Gasteiger partial charge < -0.3 is 24.5 Å². The van der Waals surface area contributed by atoms with Gasteiger partial charge in [-0.25, -0.2) is 4.79 Å². The van der Waals surface area contributed by atoms with Gasteiger partial charge in [-0.2, -0.15) is 0 Å². The molecule has 2 N–H and O–H groups in total. The van der Waals surface area contributed by atoms with Crippen molar-refractivity contribution in [2.24, 2.45) is 0 Å². The number of aliphatic hydroxyl groups excluding tert-OH is 1. The molecule has 0 bridgehead atoms. The number of aromatic amines is 1. The first-order chi connectivity index (χ1) is 17.7. The zero-order valence-electron chi connectivity index (χ0n) is 21.9. The van der Waals surface area contributed by atoms with Crippen LogP contribution >= 0.6 is 0 Å². The first-order valence-electron chi connectivity index (χ1n) is 12.8. The summed E-state index contributed by atoms with van der Waals surface area (Å²) in [6.45, 7) is 11.5. The van der Waals surface area contributed by atoms with Crippen molar-refractivity contribution < 1.29 is 29.0 Å². The summed E-state index contributed by atoms with van der Waals surface area (Å²) >= 11 is 0. The molecule has 0 aliphatic carbocycles. The SMILES string of the molecule is CCOC(=O)c1[nH]c(C)c(/C(O)=C2\C(=O)C(=O)N(CCCN3CCOCC3)C2c2ccc(C)cc2)c1C. The largest absolute Gasteiger partial charge is 0.507 e. The van der Waals surface area contributed by atoms with Crippen LogP contribution in [-0.4, -0.2) is 83.5 Å². The summed E-state index contributed by atoms with van der Waals surface area (Å²) in [5.74, 6) is -2.19. The Morgan fingerprint density at radius 2 is 1.78 bits per heavy atom. The van der Waals surface area contributed by atoms with Crippen LogP contribution in [0.1, 0.15) is 57.8 Å². The predicted octanol–water partition coefficient (Wildman–Crippen LogP) is 3.26. The molecule has 1 aromatic heterocycles. The van der Waals surface area contributed by atoms with Crippen molar-refractivity contribution in [3.05, 3.63) is 63.5 Å². The van der Waals surface area contributed by atoms with Gasteiger partial charge in [0.15, 0.2) is 0 Å². The number of carbonyl (C=O) groups is 3. The molecule has 1 unspecified atom stereocenters. The molecule has 0 radical (unpaired) electrons. The number of carbonyl (C=O) groups excluding carboxylic acids is 3. The van der Waals surface area contributed by atoms with Crippen molar-refractivity contribution in [3.63, 3.8) is 0 Å². The zero-order chi connectivity index (χ0) is 26.7. The Morgan fingerprint density at radius 3 is 2.43 bits per heavy atom. The average Bonchev–Trinajstić information content (AvgIpc) is 3.32. The van der Waals surface area contributed by atoms with Gasteiger partial charge in [-0.1, -0.05) is 29.8 Å². The van der Waals surface area contributed by atoms with Crippen LogP contribution in [0.5, 0.6) is 0 Å². The number of hydrogen-bond acceptors (Lipinski definition) is 7. The number of esters is 1. The maximum atomic E-state index is 13.4. The van der Waals surface area contributed by atoms with Gasteiger partial charge in [0.05, 0.1) is 31.4 Å². The lowest BCUT2D eigenvalue weighted by Gasteiger charge is -2.29. The Kier molecular flexibility index (Phi) is 8.14. The number of H-pyrrole nitrogens is 1. The van der Waals surface area contributed by atoms with E-state index in [0.717, 1.165) is 30.8 Å². The van der Waals surface area contributed by atoms with Crippen LogP contribution in [0.3, 0.4) is 0 Å². The third-order valence-corrected chi connectivity index (χ3v) is 7.06. The van der Waals surface area contributed by atoms with Crippen LogP contribution in [0.4, 0.5) is 0 Å². The number of morpholine rings is 1. The van der Waals surface area contributed by atoms with E-state index in [9.17, 15) is 19.5 Å². The first-order valence-corrected chi connectivity index (χ1v) is 12.8. The molecular weight excluding hydrogens is 474 g/mol. The maximum absolute atomic E-state index is 13.4. The highest BCUT2D eigenvalue weighted by atomic mass is 16.5. The van der Waals surface area contributed by atoms with Gasteiger partial charge in [0, 0.05) is 37.4 Å². The summed E-state index contributed by atoms with van der Waals surface area (Å²) in [4.78, 5) is 45.9. The van der Waals surface area contributed by atoms with E-state index < -0.39 is 23.7 Å². The molecule has 2 fully saturated rings. The minimum Gasteiger partial charge on any atom is -0.507 e. The predicted molar refractivity (Wildman–Crippen MR) is 138 cm³/mol. The second-order valence-corrected chi connectivity index (χ2v) is 9.56. The number of likely N-dealkylation sites (tertiary alicyclic amines) is 1. The van der Waals surface area contributed by atoms with Crippen molar-refractivity contribution in [1.29, 1.82) is 0 Å². The molecule has 9 nitrogen and oxygen atoms in total. The van der Waals surface area contributed by atoms with Gasteiger partial charge >= 0.3 is 5.97 Å². The van der Waals surface area contributed by atoms with Gasteiger partial charge in [0.1, 0.15) is 11.5 Å². The topological polar surface area (TPSA) is 112 Å². The number of ether oxygens (including phenoxy) is 2. The van der Waals surface area contributed by atoms with Crippen molar-refractivity contribution >= 4 is 23.4 Å². The quantitative estimate of drug-likeness (QED) is 0.243. The number of rotatable bonds is 8. The molecule has 4 rings (SSSR count). The summed E-state index contributed by atoms with van der Waals surface area (Å²) in [6, 6.07) is 6.89. The van der Waals surface area contributed by atoms with Crippen LogP contribution in [0.15, 0.2) is 29.8 Å².